The summed E-state index contributed by atoms with van der Waals surface area (Å²) < 4.78 is 7.41. The molecular formula is C22H25N5O3. The Morgan fingerprint density at radius 3 is 2.50 bits per heavy atom. The number of carbonyl (C=O) groups excluding carboxylic acids is 2. The lowest BCUT2D eigenvalue weighted by Gasteiger charge is -2.29. The zero-order valence-electron chi connectivity index (χ0n) is 17.3. The van der Waals surface area contributed by atoms with Crippen LogP contribution in [0.15, 0.2) is 48.8 Å². The van der Waals surface area contributed by atoms with Crippen molar-refractivity contribution in [3.63, 3.8) is 0 Å². The van der Waals surface area contributed by atoms with Gasteiger partial charge in [-0.2, -0.15) is 5.10 Å². The van der Waals surface area contributed by atoms with Gasteiger partial charge in [0, 0.05) is 35.8 Å². The average Bonchev–Trinajstić information content (AvgIpc) is 3.37. The molecule has 156 valence electrons. The normalized spacial score (nSPS) is 13.6. The zero-order chi connectivity index (χ0) is 21.3. The van der Waals surface area contributed by atoms with E-state index in [0.29, 0.717) is 30.9 Å². The van der Waals surface area contributed by atoms with E-state index in [2.05, 4.69) is 15.5 Å². The molecule has 0 fully saturated rings. The summed E-state index contributed by atoms with van der Waals surface area (Å²) in [5, 5.41) is 10.1. The van der Waals surface area contributed by atoms with E-state index in [9.17, 15) is 9.59 Å². The molecule has 2 aromatic heterocycles. The first-order valence-corrected chi connectivity index (χ1v) is 9.89. The number of ether oxygens (including phenoxy) is 1. The highest BCUT2D eigenvalue weighted by Gasteiger charge is 2.28. The Labute approximate surface area is 174 Å². The molecule has 8 heteroatoms. The lowest BCUT2D eigenvalue weighted by atomic mass is 10.1. The summed E-state index contributed by atoms with van der Waals surface area (Å²) in [6.45, 7) is 6.41. The number of nitrogens with one attached hydrogen (secondary N) is 2. The van der Waals surface area contributed by atoms with Crippen LogP contribution in [0.5, 0.6) is 0 Å². The van der Waals surface area contributed by atoms with Gasteiger partial charge in [-0.05, 0) is 63.6 Å². The molecule has 1 aromatic carbocycles. The molecule has 1 aliphatic heterocycles. The Hall–Kier alpha value is -3.55. The Bertz CT molecular complexity index is 1050. The Morgan fingerprint density at radius 1 is 1.13 bits per heavy atom. The first-order chi connectivity index (χ1) is 14.3. The van der Waals surface area contributed by atoms with Gasteiger partial charge in [0.15, 0.2) is 5.82 Å². The summed E-state index contributed by atoms with van der Waals surface area (Å²) in [5.41, 5.74) is 2.73. The fourth-order valence-corrected chi connectivity index (χ4v) is 3.38. The number of hydrogen-bond acceptors (Lipinski definition) is 4. The van der Waals surface area contributed by atoms with Crippen molar-refractivity contribution in [1.82, 2.24) is 19.7 Å². The molecule has 2 amide bonds. The van der Waals surface area contributed by atoms with E-state index in [0.717, 1.165) is 16.9 Å². The van der Waals surface area contributed by atoms with Crippen LogP contribution in [0.25, 0.3) is 5.69 Å². The van der Waals surface area contributed by atoms with Gasteiger partial charge in [0.25, 0.3) is 5.91 Å². The average molecular weight is 407 g/mol. The van der Waals surface area contributed by atoms with Gasteiger partial charge in [0.05, 0.1) is 12.2 Å². The summed E-state index contributed by atoms with van der Waals surface area (Å²) in [6, 6.07) is 11.3. The molecule has 0 atom stereocenters. The van der Waals surface area contributed by atoms with Crippen LogP contribution in [-0.4, -0.2) is 43.8 Å². The van der Waals surface area contributed by atoms with Crippen LogP contribution in [0.4, 0.5) is 10.6 Å². The molecule has 0 unspecified atom stereocenters. The van der Waals surface area contributed by atoms with Crippen molar-refractivity contribution in [3.8, 4) is 5.69 Å². The van der Waals surface area contributed by atoms with Gasteiger partial charge in [0.1, 0.15) is 5.60 Å². The number of benzene rings is 1. The number of hydrogen-bond donors (Lipinski definition) is 2. The van der Waals surface area contributed by atoms with Crippen molar-refractivity contribution < 1.29 is 14.3 Å². The lowest BCUT2D eigenvalue weighted by Crippen LogP contribution is -2.39. The molecule has 0 radical (unpaired) electrons. The molecule has 0 aliphatic carbocycles. The number of rotatable bonds is 3. The molecular weight excluding hydrogens is 382 g/mol. The predicted molar refractivity (Wildman–Crippen MR) is 113 cm³/mol. The van der Waals surface area contributed by atoms with Crippen LogP contribution in [-0.2, 0) is 17.7 Å². The van der Waals surface area contributed by atoms with E-state index < -0.39 is 5.60 Å². The minimum Gasteiger partial charge on any atom is -0.444 e. The highest BCUT2D eigenvalue weighted by molar-refractivity contribution is 6.04. The van der Waals surface area contributed by atoms with Gasteiger partial charge in [-0.1, -0.05) is 0 Å². The van der Waals surface area contributed by atoms with Crippen LogP contribution >= 0.6 is 0 Å². The predicted octanol–water partition coefficient (Wildman–Crippen LogP) is 3.75. The molecule has 8 nitrogen and oxygen atoms in total. The maximum atomic E-state index is 12.7. The number of anilines is 1. The molecule has 0 saturated heterocycles. The monoisotopic (exact) mass is 407 g/mol. The summed E-state index contributed by atoms with van der Waals surface area (Å²) in [6.07, 6.45) is 4.14. The fraction of sp³-hybridized carbons (Fsp3) is 0.318. The topological polar surface area (TPSA) is 92.2 Å². The van der Waals surface area contributed by atoms with E-state index >= 15 is 0 Å². The number of fused-ring (bicyclic) bond motifs is 1. The van der Waals surface area contributed by atoms with Crippen molar-refractivity contribution in [3.05, 3.63) is 65.6 Å². The number of nitrogens with zero attached hydrogens (tertiary/aromatic N) is 3. The van der Waals surface area contributed by atoms with Gasteiger partial charge < -0.3 is 19.5 Å². The highest BCUT2D eigenvalue weighted by atomic mass is 16.6. The van der Waals surface area contributed by atoms with Crippen LogP contribution in [0.2, 0.25) is 0 Å². The van der Waals surface area contributed by atoms with Gasteiger partial charge in [0.2, 0.25) is 0 Å². The minimum atomic E-state index is -0.540. The largest absolute Gasteiger partial charge is 0.444 e. The quantitative estimate of drug-likeness (QED) is 0.692. The van der Waals surface area contributed by atoms with Crippen molar-refractivity contribution in [2.45, 2.75) is 39.3 Å². The van der Waals surface area contributed by atoms with Crippen LogP contribution < -0.4 is 5.32 Å². The fourth-order valence-electron chi connectivity index (χ4n) is 3.38. The molecule has 30 heavy (non-hydrogen) atoms. The SMILES string of the molecule is CC(C)(C)OC(=O)N1CCc2c(NC(=O)c3ccc(-n4cccc4)cc3)n[nH]c2C1. The first kappa shape index (κ1) is 19.8. The second-order valence-corrected chi connectivity index (χ2v) is 8.27. The van der Waals surface area contributed by atoms with Crippen molar-refractivity contribution in [2.24, 2.45) is 0 Å². The number of aromatic amines is 1. The van der Waals surface area contributed by atoms with Crippen molar-refractivity contribution >= 4 is 17.8 Å². The van der Waals surface area contributed by atoms with E-state index in [1.807, 2.05) is 62.0 Å². The van der Waals surface area contributed by atoms with Crippen LogP contribution in [0, 0.1) is 0 Å². The zero-order valence-corrected chi connectivity index (χ0v) is 17.3. The second-order valence-electron chi connectivity index (χ2n) is 8.27. The molecule has 4 rings (SSSR count). The van der Waals surface area contributed by atoms with E-state index in [4.69, 9.17) is 4.74 Å². The standard InChI is InChI=1S/C22H25N5O3/c1-22(2,3)30-21(29)27-13-10-17-18(14-27)24-25-19(17)23-20(28)15-6-8-16(9-7-15)26-11-4-5-12-26/h4-9,11-12H,10,13-14H2,1-3H3,(H2,23,24,25,28). The number of aromatic nitrogens is 3. The second kappa shape index (κ2) is 7.70. The summed E-state index contributed by atoms with van der Waals surface area (Å²) in [7, 11) is 0. The third-order valence-electron chi connectivity index (χ3n) is 4.85. The molecule has 0 saturated carbocycles. The maximum Gasteiger partial charge on any atom is 0.410 e. The molecule has 1 aliphatic rings. The lowest BCUT2D eigenvalue weighted by molar-refractivity contribution is 0.0221. The van der Waals surface area contributed by atoms with Crippen molar-refractivity contribution in [2.75, 3.05) is 11.9 Å². The third kappa shape index (κ3) is 4.22. The Kier molecular flexibility index (Phi) is 5.07. The molecule has 0 spiro atoms. The first-order valence-electron chi connectivity index (χ1n) is 9.89. The van der Waals surface area contributed by atoms with E-state index in [-0.39, 0.29) is 12.0 Å². The Morgan fingerprint density at radius 2 is 1.83 bits per heavy atom. The third-order valence-corrected chi connectivity index (χ3v) is 4.85. The molecule has 0 bridgehead atoms. The number of H-pyrrole nitrogens is 1. The highest BCUT2D eigenvalue weighted by Crippen LogP contribution is 2.25. The smallest absolute Gasteiger partial charge is 0.410 e. The van der Waals surface area contributed by atoms with Gasteiger partial charge in [-0.15, -0.1) is 0 Å². The van der Waals surface area contributed by atoms with E-state index in [1.54, 1.807) is 17.0 Å². The van der Waals surface area contributed by atoms with Crippen molar-refractivity contribution in [1.29, 1.82) is 0 Å². The molecule has 2 N–H and O–H groups in total. The van der Waals surface area contributed by atoms with Gasteiger partial charge in [-0.25, -0.2) is 4.79 Å². The number of carbonyl (C=O) groups is 2. The summed E-state index contributed by atoms with van der Waals surface area (Å²) >= 11 is 0. The van der Waals surface area contributed by atoms with Crippen LogP contribution in [0.3, 0.4) is 0 Å². The summed E-state index contributed by atoms with van der Waals surface area (Å²) in [5.74, 6) is 0.284. The summed E-state index contributed by atoms with van der Waals surface area (Å²) in [4.78, 5) is 26.6. The molecule has 3 heterocycles. The van der Waals surface area contributed by atoms with Crippen LogP contribution in [0.1, 0.15) is 42.4 Å². The van der Waals surface area contributed by atoms with E-state index in [1.165, 1.54) is 0 Å². The van der Waals surface area contributed by atoms with Gasteiger partial charge >= 0.3 is 6.09 Å². The molecule has 3 aromatic rings. The maximum absolute atomic E-state index is 12.7. The minimum absolute atomic E-state index is 0.224. The van der Waals surface area contributed by atoms with Gasteiger partial charge in [-0.3, -0.25) is 9.89 Å². The Balaban J connectivity index is 1.42. The number of amides is 2.